The topological polar surface area (TPSA) is 14.1 Å². The fraction of sp³-hybridized carbons (Fsp3) is 1.00. The zero-order chi connectivity index (χ0) is 9.83. The van der Waals surface area contributed by atoms with Crippen molar-refractivity contribution in [2.24, 2.45) is 10.8 Å². The van der Waals surface area contributed by atoms with Crippen molar-refractivity contribution in [3.63, 3.8) is 0 Å². The summed E-state index contributed by atoms with van der Waals surface area (Å²) >= 11 is 0. The molecule has 0 atom stereocenters. The largest absolute Gasteiger partial charge is 0.245 e. The standard InChI is InChI=1S/C11H24N/c1-10(2,3)9-11(4,5)7-8-12-6/h7-9H2,1-6H3. The van der Waals surface area contributed by atoms with E-state index in [-0.39, 0.29) is 0 Å². The second kappa shape index (κ2) is 4.27. The molecule has 0 saturated heterocycles. The minimum Gasteiger partial charge on any atom is -0.245 e. The molecule has 12 heavy (non-hydrogen) atoms. The summed E-state index contributed by atoms with van der Waals surface area (Å²) in [4.78, 5) is 0. The maximum absolute atomic E-state index is 4.15. The lowest BCUT2D eigenvalue weighted by atomic mass is 9.74. The van der Waals surface area contributed by atoms with Crippen molar-refractivity contribution in [2.75, 3.05) is 13.6 Å². The Hall–Kier alpha value is -0.0400. The molecule has 0 heterocycles. The average Bonchev–Trinajstić information content (AvgIpc) is 1.78. The van der Waals surface area contributed by atoms with E-state index in [4.69, 9.17) is 0 Å². The lowest BCUT2D eigenvalue weighted by molar-refractivity contribution is 0.198. The van der Waals surface area contributed by atoms with Crippen LogP contribution in [0.5, 0.6) is 0 Å². The van der Waals surface area contributed by atoms with Crippen molar-refractivity contribution in [2.45, 2.75) is 47.5 Å². The van der Waals surface area contributed by atoms with E-state index in [1.54, 1.807) is 0 Å². The van der Waals surface area contributed by atoms with Crippen molar-refractivity contribution >= 4 is 0 Å². The smallest absolute Gasteiger partial charge is 0.0135 e. The minimum absolute atomic E-state index is 0.442. The Morgan fingerprint density at radius 3 is 1.83 bits per heavy atom. The molecule has 0 bridgehead atoms. The molecule has 0 aliphatic carbocycles. The van der Waals surface area contributed by atoms with Gasteiger partial charge in [-0.1, -0.05) is 34.6 Å². The average molecular weight is 170 g/mol. The summed E-state index contributed by atoms with van der Waals surface area (Å²) in [5, 5.41) is 4.15. The van der Waals surface area contributed by atoms with Gasteiger partial charge in [0.25, 0.3) is 0 Å². The summed E-state index contributed by atoms with van der Waals surface area (Å²) in [6, 6.07) is 0. The van der Waals surface area contributed by atoms with Crippen LogP contribution in [-0.2, 0) is 0 Å². The van der Waals surface area contributed by atoms with E-state index >= 15 is 0 Å². The molecule has 0 N–H and O–H groups in total. The number of hydrogen-bond acceptors (Lipinski definition) is 0. The number of hydrogen-bond donors (Lipinski definition) is 0. The van der Waals surface area contributed by atoms with Gasteiger partial charge in [-0.15, -0.1) is 0 Å². The molecule has 0 amide bonds. The SMILES string of the molecule is C[N]CCC(C)(C)CC(C)(C)C. The van der Waals surface area contributed by atoms with Crippen LogP contribution in [0.3, 0.4) is 0 Å². The van der Waals surface area contributed by atoms with Crippen LogP contribution in [0.4, 0.5) is 0 Å². The summed E-state index contributed by atoms with van der Waals surface area (Å²) in [6.45, 7) is 12.6. The Labute approximate surface area is 77.9 Å². The number of nitrogens with zero attached hydrogens (tertiary/aromatic N) is 1. The maximum atomic E-state index is 4.15. The van der Waals surface area contributed by atoms with Crippen LogP contribution in [0.2, 0.25) is 0 Å². The highest BCUT2D eigenvalue weighted by atomic mass is 14.8. The normalized spacial score (nSPS) is 13.5. The summed E-state index contributed by atoms with van der Waals surface area (Å²) in [6.07, 6.45) is 2.48. The van der Waals surface area contributed by atoms with Crippen molar-refractivity contribution < 1.29 is 0 Å². The van der Waals surface area contributed by atoms with E-state index in [1.165, 1.54) is 12.8 Å². The van der Waals surface area contributed by atoms with Crippen LogP contribution in [0.1, 0.15) is 47.5 Å². The van der Waals surface area contributed by atoms with Gasteiger partial charge in [-0.2, -0.15) is 0 Å². The molecule has 0 aliphatic heterocycles. The van der Waals surface area contributed by atoms with Gasteiger partial charge in [-0.05, 0) is 23.7 Å². The third kappa shape index (κ3) is 6.66. The van der Waals surface area contributed by atoms with Crippen LogP contribution < -0.4 is 5.32 Å². The van der Waals surface area contributed by atoms with E-state index < -0.39 is 0 Å². The monoisotopic (exact) mass is 170 g/mol. The second-order valence-electron chi connectivity index (χ2n) is 5.69. The van der Waals surface area contributed by atoms with Gasteiger partial charge in [0.05, 0.1) is 0 Å². The van der Waals surface area contributed by atoms with Gasteiger partial charge in [0.1, 0.15) is 0 Å². The molecule has 0 spiro atoms. The van der Waals surface area contributed by atoms with Crippen LogP contribution in [0.15, 0.2) is 0 Å². The van der Waals surface area contributed by atoms with Gasteiger partial charge in [0, 0.05) is 13.6 Å². The molecule has 1 radical (unpaired) electrons. The van der Waals surface area contributed by atoms with Gasteiger partial charge in [0.15, 0.2) is 0 Å². The van der Waals surface area contributed by atoms with Crippen LogP contribution in [-0.4, -0.2) is 13.6 Å². The molecule has 0 fully saturated rings. The summed E-state index contributed by atoms with van der Waals surface area (Å²) in [5.74, 6) is 0. The highest BCUT2D eigenvalue weighted by molar-refractivity contribution is 4.76. The minimum atomic E-state index is 0.442. The van der Waals surface area contributed by atoms with E-state index in [2.05, 4.69) is 39.9 Å². The van der Waals surface area contributed by atoms with E-state index in [1.807, 2.05) is 7.05 Å². The molecule has 0 aromatic rings. The molecule has 0 unspecified atom stereocenters. The molecule has 0 rings (SSSR count). The highest BCUT2D eigenvalue weighted by Crippen LogP contribution is 2.35. The number of rotatable bonds is 4. The lowest BCUT2D eigenvalue weighted by Gasteiger charge is -2.32. The Morgan fingerprint density at radius 1 is 1.00 bits per heavy atom. The van der Waals surface area contributed by atoms with Crippen LogP contribution in [0, 0.1) is 10.8 Å². The first-order valence-electron chi connectivity index (χ1n) is 4.82. The first kappa shape index (κ1) is 12.0. The maximum Gasteiger partial charge on any atom is 0.0135 e. The molecule has 1 nitrogen and oxygen atoms in total. The van der Waals surface area contributed by atoms with Crippen molar-refractivity contribution in [3.05, 3.63) is 0 Å². The van der Waals surface area contributed by atoms with Gasteiger partial charge in [-0.25, -0.2) is 5.32 Å². The fourth-order valence-corrected chi connectivity index (χ4v) is 1.94. The zero-order valence-electron chi connectivity index (χ0n) is 9.57. The fourth-order valence-electron chi connectivity index (χ4n) is 1.94. The first-order chi connectivity index (χ1) is 5.27. The van der Waals surface area contributed by atoms with E-state index in [9.17, 15) is 0 Å². The molecular weight excluding hydrogens is 146 g/mol. The van der Waals surface area contributed by atoms with Gasteiger partial charge in [0.2, 0.25) is 0 Å². The van der Waals surface area contributed by atoms with Crippen LogP contribution in [0.25, 0.3) is 0 Å². The van der Waals surface area contributed by atoms with Crippen molar-refractivity contribution in [1.29, 1.82) is 0 Å². The summed E-state index contributed by atoms with van der Waals surface area (Å²) in [7, 11) is 1.90. The van der Waals surface area contributed by atoms with Gasteiger partial charge >= 0.3 is 0 Å². The predicted octanol–water partition coefficient (Wildman–Crippen LogP) is 3.07. The van der Waals surface area contributed by atoms with Crippen molar-refractivity contribution in [3.8, 4) is 0 Å². The highest BCUT2D eigenvalue weighted by Gasteiger charge is 2.24. The second-order valence-corrected chi connectivity index (χ2v) is 5.69. The predicted molar refractivity (Wildman–Crippen MR) is 55.4 cm³/mol. The van der Waals surface area contributed by atoms with Crippen LogP contribution >= 0.6 is 0 Å². The Morgan fingerprint density at radius 2 is 1.50 bits per heavy atom. The molecule has 0 aliphatic rings. The Kier molecular flexibility index (Phi) is 4.25. The molecule has 73 valence electrons. The van der Waals surface area contributed by atoms with Gasteiger partial charge < -0.3 is 0 Å². The first-order valence-corrected chi connectivity index (χ1v) is 4.82. The molecule has 1 heteroatoms. The molecular formula is C11H24N. The van der Waals surface area contributed by atoms with Crippen molar-refractivity contribution in [1.82, 2.24) is 5.32 Å². The summed E-state index contributed by atoms with van der Waals surface area (Å²) < 4.78 is 0. The lowest BCUT2D eigenvalue weighted by Crippen LogP contribution is -2.23. The molecule has 0 aromatic carbocycles. The third-order valence-electron chi connectivity index (χ3n) is 2.02. The quantitative estimate of drug-likeness (QED) is 0.615. The molecule has 0 saturated carbocycles. The Balaban J connectivity index is 3.86. The van der Waals surface area contributed by atoms with E-state index in [0.717, 1.165) is 6.54 Å². The Bertz CT molecular complexity index is 119. The zero-order valence-corrected chi connectivity index (χ0v) is 9.57. The molecule has 0 aromatic heterocycles. The van der Waals surface area contributed by atoms with Gasteiger partial charge in [-0.3, -0.25) is 0 Å². The van der Waals surface area contributed by atoms with E-state index in [0.29, 0.717) is 10.8 Å². The summed E-state index contributed by atoms with van der Waals surface area (Å²) in [5.41, 5.74) is 0.884. The third-order valence-corrected chi connectivity index (χ3v) is 2.02.